The first-order valence-corrected chi connectivity index (χ1v) is 3.74. The van der Waals surface area contributed by atoms with Crippen molar-refractivity contribution in [2.24, 2.45) is 4.99 Å². The van der Waals surface area contributed by atoms with E-state index in [-0.39, 0.29) is 0 Å². The first-order chi connectivity index (χ1) is 5.57. The SMILES string of the molecule is FC1=NC(F)N(CCl)C(F)=C1Cl. The molecule has 0 radical (unpaired) electrons. The van der Waals surface area contributed by atoms with Gasteiger partial charge in [-0.05, 0) is 0 Å². The van der Waals surface area contributed by atoms with Crippen molar-refractivity contribution in [3.05, 3.63) is 11.0 Å². The number of alkyl halides is 2. The molecule has 1 aliphatic heterocycles. The average molecular weight is 219 g/mol. The fraction of sp³-hybridized carbons (Fsp3) is 0.400. The van der Waals surface area contributed by atoms with E-state index in [1.54, 1.807) is 0 Å². The maximum absolute atomic E-state index is 12.8. The summed E-state index contributed by atoms with van der Waals surface area (Å²) in [6.07, 6.45) is -2.15. The van der Waals surface area contributed by atoms with Crippen LogP contribution in [0.4, 0.5) is 13.2 Å². The zero-order chi connectivity index (χ0) is 9.30. The normalized spacial score (nSPS) is 24.6. The van der Waals surface area contributed by atoms with Crippen LogP contribution >= 0.6 is 23.2 Å². The topological polar surface area (TPSA) is 15.6 Å². The zero-order valence-corrected chi connectivity index (χ0v) is 7.08. The van der Waals surface area contributed by atoms with Gasteiger partial charge in [0.2, 0.25) is 11.9 Å². The van der Waals surface area contributed by atoms with Gasteiger partial charge in [0.1, 0.15) is 5.03 Å². The Bertz CT molecular complexity index is 253. The highest BCUT2D eigenvalue weighted by atomic mass is 35.5. The van der Waals surface area contributed by atoms with E-state index in [2.05, 4.69) is 4.99 Å². The van der Waals surface area contributed by atoms with Crippen molar-refractivity contribution in [3.8, 4) is 0 Å². The molecule has 1 atom stereocenters. The minimum atomic E-state index is -2.15. The lowest BCUT2D eigenvalue weighted by Gasteiger charge is -2.24. The van der Waals surface area contributed by atoms with E-state index in [0.29, 0.717) is 4.90 Å². The van der Waals surface area contributed by atoms with Gasteiger partial charge in [0.15, 0.2) is 0 Å². The Labute approximate surface area is 76.3 Å². The summed E-state index contributed by atoms with van der Waals surface area (Å²) in [5.41, 5.74) is 0. The number of allylic oxidation sites excluding steroid dienone is 1. The van der Waals surface area contributed by atoms with Crippen molar-refractivity contribution in [2.75, 3.05) is 6.00 Å². The highest BCUT2D eigenvalue weighted by Crippen LogP contribution is 2.26. The molecule has 0 fully saturated rings. The maximum Gasteiger partial charge on any atom is 0.272 e. The van der Waals surface area contributed by atoms with E-state index in [1.807, 2.05) is 0 Å². The highest BCUT2D eigenvalue weighted by molar-refractivity contribution is 6.42. The number of hydrogen-bond acceptors (Lipinski definition) is 2. The Morgan fingerprint density at radius 1 is 1.50 bits per heavy atom. The van der Waals surface area contributed by atoms with Gasteiger partial charge in [-0.15, -0.1) is 11.6 Å². The third-order valence-corrected chi connectivity index (χ3v) is 1.79. The van der Waals surface area contributed by atoms with Crippen LogP contribution in [0.1, 0.15) is 0 Å². The van der Waals surface area contributed by atoms with Gasteiger partial charge in [-0.25, -0.2) is 0 Å². The average Bonchev–Trinajstić information content (AvgIpc) is 2.01. The second kappa shape index (κ2) is 3.53. The van der Waals surface area contributed by atoms with E-state index >= 15 is 0 Å². The Morgan fingerprint density at radius 3 is 2.58 bits per heavy atom. The second-order valence-electron chi connectivity index (χ2n) is 1.92. The molecule has 68 valence electrons. The molecule has 0 aliphatic carbocycles. The largest absolute Gasteiger partial charge is 0.285 e. The van der Waals surface area contributed by atoms with E-state index in [0.717, 1.165) is 0 Å². The third kappa shape index (κ3) is 1.51. The Morgan fingerprint density at radius 2 is 2.08 bits per heavy atom. The summed E-state index contributed by atoms with van der Waals surface area (Å²) in [5, 5.41) is -0.857. The number of hydrogen-bond donors (Lipinski definition) is 0. The lowest BCUT2D eigenvalue weighted by molar-refractivity contribution is 0.111. The van der Waals surface area contributed by atoms with Crippen LogP contribution < -0.4 is 0 Å². The van der Waals surface area contributed by atoms with Gasteiger partial charge in [-0.2, -0.15) is 18.2 Å². The number of halogens is 5. The fourth-order valence-electron chi connectivity index (χ4n) is 0.634. The smallest absolute Gasteiger partial charge is 0.272 e. The molecule has 7 heteroatoms. The summed E-state index contributed by atoms with van der Waals surface area (Å²) in [7, 11) is 0. The van der Waals surface area contributed by atoms with Crippen LogP contribution in [0.3, 0.4) is 0 Å². The molecule has 1 rings (SSSR count). The summed E-state index contributed by atoms with van der Waals surface area (Å²) < 4.78 is 37.8. The molecule has 1 aliphatic rings. The van der Waals surface area contributed by atoms with E-state index in [9.17, 15) is 13.2 Å². The van der Waals surface area contributed by atoms with Crippen LogP contribution in [-0.4, -0.2) is 23.3 Å². The fourth-order valence-corrected chi connectivity index (χ4v) is 1.01. The van der Waals surface area contributed by atoms with Crippen molar-refractivity contribution in [1.82, 2.24) is 4.90 Å². The van der Waals surface area contributed by atoms with Crippen LogP contribution in [0, 0.1) is 0 Å². The number of aliphatic imine (C=N–C) groups is 1. The second-order valence-corrected chi connectivity index (χ2v) is 2.54. The number of rotatable bonds is 1. The van der Waals surface area contributed by atoms with Crippen LogP contribution in [0.15, 0.2) is 16.0 Å². The molecular weight excluding hydrogens is 216 g/mol. The van der Waals surface area contributed by atoms with E-state index in [4.69, 9.17) is 23.2 Å². The van der Waals surface area contributed by atoms with Gasteiger partial charge < -0.3 is 0 Å². The van der Waals surface area contributed by atoms with Crippen molar-refractivity contribution >= 4 is 29.2 Å². The first kappa shape index (κ1) is 9.67. The molecule has 2 nitrogen and oxygen atoms in total. The van der Waals surface area contributed by atoms with E-state index in [1.165, 1.54) is 0 Å². The van der Waals surface area contributed by atoms with Crippen molar-refractivity contribution in [3.63, 3.8) is 0 Å². The standard InChI is InChI=1S/C5H3Cl2F3N2/c6-1-12-4(9)2(7)3(8)11-5(12)10/h5H,1H2. The van der Waals surface area contributed by atoms with Crippen molar-refractivity contribution in [1.29, 1.82) is 0 Å². The van der Waals surface area contributed by atoms with Gasteiger partial charge in [-0.3, -0.25) is 4.90 Å². The summed E-state index contributed by atoms with van der Waals surface area (Å²) in [5.74, 6) is -2.60. The quantitative estimate of drug-likeness (QED) is 0.488. The van der Waals surface area contributed by atoms with E-state index < -0.39 is 29.4 Å². The van der Waals surface area contributed by atoms with Gasteiger partial charge in [0, 0.05) is 0 Å². The molecule has 0 saturated heterocycles. The molecule has 0 spiro atoms. The molecule has 0 saturated carbocycles. The molecule has 0 N–H and O–H groups in total. The lowest BCUT2D eigenvalue weighted by Crippen LogP contribution is -2.32. The number of nitrogens with zero attached hydrogens (tertiary/aromatic N) is 2. The Hall–Kier alpha value is -0.420. The summed E-state index contributed by atoms with van der Waals surface area (Å²) in [4.78, 5) is 3.14. The van der Waals surface area contributed by atoms with Gasteiger partial charge in [0.25, 0.3) is 6.42 Å². The third-order valence-electron chi connectivity index (χ3n) is 1.22. The Kier molecular flexibility index (Phi) is 2.85. The van der Waals surface area contributed by atoms with Crippen LogP contribution in [0.2, 0.25) is 0 Å². The van der Waals surface area contributed by atoms with Gasteiger partial charge in [0.05, 0.1) is 6.00 Å². The molecule has 0 amide bonds. The molecule has 0 aromatic heterocycles. The zero-order valence-electron chi connectivity index (χ0n) is 5.57. The molecular formula is C5H3Cl2F3N2. The van der Waals surface area contributed by atoms with Crippen LogP contribution in [-0.2, 0) is 0 Å². The summed E-state index contributed by atoms with van der Waals surface area (Å²) >= 11 is 10.2. The van der Waals surface area contributed by atoms with Crippen molar-refractivity contribution in [2.45, 2.75) is 6.42 Å². The lowest BCUT2D eigenvalue weighted by atomic mass is 10.5. The minimum Gasteiger partial charge on any atom is -0.285 e. The molecule has 12 heavy (non-hydrogen) atoms. The first-order valence-electron chi connectivity index (χ1n) is 2.83. The molecule has 1 unspecified atom stereocenters. The molecule has 0 aromatic rings. The predicted molar refractivity (Wildman–Crippen MR) is 40.0 cm³/mol. The maximum atomic E-state index is 12.8. The van der Waals surface area contributed by atoms with Crippen LogP contribution in [0.5, 0.6) is 0 Å². The monoisotopic (exact) mass is 218 g/mol. The van der Waals surface area contributed by atoms with Gasteiger partial charge in [-0.1, -0.05) is 11.6 Å². The molecule has 1 heterocycles. The van der Waals surface area contributed by atoms with Crippen molar-refractivity contribution < 1.29 is 13.2 Å². The molecule has 0 aromatic carbocycles. The highest BCUT2D eigenvalue weighted by Gasteiger charge is 2.29. The van der Waals surface area contributed by atoms with Gasteiger partial charge >= 0.3 is 0 Å². The summed E-state index contributed by atoms with van der Waals surface area (Å²) in [6.45, 7) is 0. The predicted octanol–water partition coefficient (Wildman–Crippen LogP) is 2.50. The molecule has 0 bridgehead atoms. The Balaban J connectivity index is 2.99. The van der Waals surface area contributed by atoms with Crippen LogP contribution in [0.25, 0.3) is 0 Å². The minimum absolute atomic E-state index is 0.382. The summed E-state index contributed by atoms with van der Waals surface area (Å²) in [6, 6.07) is -0.486.